The standard InChI is InChI=1S/C21H20N4O2S/c1-2-5-14-13(4-1)16-18-19(20(23-12-22-18)25-7-10-26-11-8-25)28-21(16)24-17(14)15-6-3-9-27-15/h3,6,9,12H,1-2,4-5,7-8,10-11H2. The van der Waals surface area contributed by atoms with Crippen molar-refractivity contribution in [3.8, 4) is 11.5 Å². The minimum absolute atomic E-state index is 0.743. The number of thiophene rings is 1. The van der Waals surface area contributed by atoms with Crippen LogP contribution in [-0.2, 0) is 17.6 Å². The van der Waals surface area contributed by atoms with Crippen LogP contribution in [0.1, 0.15) is 24.0 Å². The lowest BCUT2D eigenvalue weighted by molar-refractivity contribution is 0.122. The zero-order chi connectivity index (χ0) is 18.5. The van der Waals surface area contributed by atoms with E-state index in [0.29, 0.717) is 0 Å². The van der Waals surface area contributed by atoms with Crippen molar-refractivity contribution in [1.29, 1.82) is 0 Å². The smallest absolute Gasteiger partial charge is 0.152 e. The summed E-state index contributed by atoms with van der Waals surface area (Å²) in [5, 5.41) is 1.22. The van der Waals surface area contributed by atoms with Gasteiger partial charge in [-0.15, -0.1) is 11.3 Å². The normalized spacial score (nSPS) is 17.4. The highest BCUT2D eigenvalue weighted by atomic mass is 32.1. The lowest BCUT2D eigenvalue weighted by atomic mass is 9.88. The first kappa shape index (κ1) is 16.4. The van der Waals surface area contributed by atoms with E-state index < -0.39 is 0 Å². The molecule has 0 saturated carbocycles. The van der Waals surface area contributed by atoms with Gasteiger partial charge in [-0.3, -0.25) is 0 Å². The minimum atomic E-state index is 0.743. The molecule has 28 heavy (non-hydrogen) atoms. The van der Waals surface area contributed by atoms with Crippen molar-refractivity contribution in [1.82, 2.24) is 15.0 Å². The quantitative estimate of drug-likeness (QED) is 0.509. The molecule has 6 nitrogen and oxygen atoms in total. The molecular weight excluding hydrogens is 372 g/mol. The van der Waals surface area contributed by atoms with Crippen molar-refractivity contribution in [2.24, 2.45) is 0 Å². The number of aryl methyl sites for hydroxylation is 1. The topological polar surface area (TPSA) is 64.3 Å². The van der Waals surface area contributed by atoms with Crippen molar-refractivity contribution in [3.05, 3.63) is 35.9 Å². The predicted molar refractivity (Wildman–Crippen MR) is 110 cm³/mol. The van der Waals surface area contributed by atoms with Crippen LogP contribution in [-0.4, -0.2) is 41.3 Å². The van der Waals surface area contributed by atoms with Crippen LogP contribution in [0.25, 0.3) is 31.9 Å². The molecule has 142 valence electrons. The molecule has 5 heterocycles. The van der Waals surface area contributed by atoms with Gasteiger partial charge in [-0.2, -0.15) is 0 Å². The molecule has 6 rings (SSSR count). The molecule has 7 heteroatoms. The van der Waals surface area contributed by atoms with Gasteiger partial charge in [0.2, 0.25) is 0 Å². The van der Waals surface area contributed by atoms with Gasteiger partial charge in [0.05, 0.1) is 29.7 Å². The van der Waals surface area contributed by atoms with Gasteiger partial charge in [0.1, 0.15) is 22.7 Å². The highest BCUT2D eigenvalue weighted by Crippen LogP contribution is 2.43. The molecule has 1 aliphatic heterocycles. The van der Waals surface area contributed by atoms with E-state index >= 15 is 0 Å². The summed E-state index contributed by atoms with van der Waals surface area (Å²) in [7, 11) is 0. The number of morpholine rings is 1. The van der Waals surface area contributed by atoms with Gasteiger partial charge in [0.15, 0.2) is 5.76 Å². The maximum atomic E-state index is 5.72. The number of ether oxygens (including phenoxy) is 1. The Bertz CT molecular complexity index is 1160. The maximum absolute atomic E-state index is 5.72. The Morgan fingerprint density at radius 2 is 1.89 bits per heavy atom. The van der Waals surface area contributed by atoms with Crippen LogP contribution >= 0.6 is 11.3 Å². The number of hydrogen-bond acceptors (Lipinski definition) is 7. The average Bonchev–Trinajstić information content (AvgIpc) is 3.41. The molecule has 0 radical (unpaired) electrons. The van der Waals surface area contributed by atoms with Crippen LogP contribution in [0.4, 0.5) is 5.82 Å². The Morgan fingerprint density at radius 1 is 1.04 bits per heavy atom. The molecule has 0 N–H and O–H groups in total. The maximum Gasteiger partial charge on any atom is 0.152 e. The highest BCUT2D eigenvalue weighted by Gasteiger charge is 2.26. The molecule has 1 saturated heterocycles. The molecule has 1 aliphatic carbocycles. The molecule has 0 atom stereocenters. The second-order valence-electron chi connectivity index (χ2n) is 7.36. The van der Waals surface area contributed by atoms with Crippen LogP contribution in [0.3, 0.4) is 0 Å². The molecule has 0 amide bonds. The third kappa shape index (κ3) is 2.46. The van der Waals surface area contributed by atoms with Crippen molar-refractivity contribution >= 4 is 37.6 Å². The van der Waals surface area contributed by atoms with Gasteiger partial charge in [-0.25, -0.2) is 15.0 Å². The largest absolute Gasteiger partial charge is 0.463 e. The van der Waals surface area contributed by atoms with Crippen LogP contribution < -0.4 is 4.90 Å². The van der Waals surface area contributed by atoms with Crippen molar-refractivity contribution in [2.75, 3.05) is 31.2 Å². The first-order valence-electron chi connectivity index (χ1n) is 9.85. The van der Waals surface area contributed by atoms with E-state index in [4.69, 9.17) is 19.1 Å². The van der Waals surface area contributed by atoms with Gasteiger partial charge in [-0.1, -0.05) is 0 Å². The molecule has 0 unspecified atom stereocenters. The molecule has 4 aromatic heterocycles. The summed E-state index contributed by atoms with van der Waals surface area (Å²) in [4.78, 5) is 17.8. The van der Waals surface area contributed by atoms with Gasteiger partial charge >= 0.3 is 0 Å². The van der Waals surface area contributed by atoms with Crippen LogP contribution in [0.15, 0.2) is 29.1 Å². The van der Waals surface area contributed by atoms with Crippen LogP contribution in [0, 0.1) is 0 Å². The van der Waals surface area contributed by atoms with Crippen LogP contribution in [0.5, 0.6) is 0 Å². The molecule has 0 aromatic carbocycles. The molecular formula is C21H20N4O2S. The van der Waals surface area contributed by atoms with Crippen molar-refractivity contribution in [2.45, 2.75) is 25.7 Å². The fraction of sp³-hybridized carbons (Fsp3) is 0.381. The minimum Gasteiger partial charge on any atom is -0.463 e. The Hall–Kier alpha value is -2.51. The van der Waals surface area contributed by atoms with Gasteiger partial charge < -0.3 is 14.1 Å². The van der Waals surface area contributed by atoms with E-state index in [1.54, 1.807) is 23.9 Å². The first-order valence-corrected chi connectivity index (χ1v) is 10.7. The fourth-order valence-corrected chi connectivity index (χ4v) is 5.64. The number of anilines is 1. The van der Waals surface area contributed by atoms with E-state index in [2.05, 4.69) is 9.88 Å². The number of rotatable bonds is 2. The monoisotopic (exact) mass is 392 g/mol. The van der Waals surface area contributed by atoms with E-state index in [1.807, 2.05) is 12.1 Å². The first-order chi connectivity index (χ1) is 13.9. The zero-order valence-electron chi connectivity index (χ0n) is 15.5. The molecule has 0 bridgehead atoms. The summed E-state index contributed by atoms with van der Waals surface area (Å²) < 4.78 is 12.4. The Labute approximate surface area is 166 Å². The third-order valence-corrected chi connectivity index (χ3v) is 6.84. The molecule has 2 aliphatic rings. The number of aromatic nitrogens is 3. The van der Waals surface area contributed by atoms with Crippen LogP contribution in [0.2, 0.25) is 0 Å². The lowest BCUT2D eigenvalue weighted by Crippen LogP contribution is -2.36. The number of furan rings is 1. The van der Waals surface area contributed by atoms with Crippen molar-refractivity contribution in [3.63, 3.8) is 0 Å². The number of pyridine rings is 1. The molecule has 1 fully saturated rings. The molecule has 0 spiro atoms. The highest BCUT2D eigenvalue weighted by molar-refractivity contribution is 7.26. The summed E-state index contributed by atoms with van der Waals surface area (Å²) in [5.74, 6) is 1.87. The summed E-state index contributed by atoms with van der Waals surface area (Å²) >= 11 is 1.71. The Kier molecular flexibility index (Phi) is 3.84. The average molecular weight is 392 g/mol. The Morgan fingerprint density at radius 3 is 2.71 bits per heavy atom. The summed E-state index contributed by atoms with van der Waals surface area (Å²) in [6, 6.07) is 3.94. The number of fused-ring (bicyclic) bond motifs is 5. The number of hydrogen-bond donors (Lipinski definition) is 0. The van der Waals surface area contributed by atoms with E-state index in [9.17, 15) is 0 Å². The lowest BCUT2D eigenvalue weighted by Gasteiger charge is -2.27. The fourth-order valence-electron chi connectivity index (χ4n) is 4.47. The van der Waals surface area contributed by atoms with Gasteiger partial charge in [0.25, 0.3) is 0 Å². The zero-order valence-corrected chi connectivity index (χ0v) is 16.3. The number of nitrogens with zero attached hydrogens (tertiary/aromatic N) is 4. The van der Waals surface area contributed by atoms with E-state index in [0.717, 1.165) is 71.5 Å². The summed E-state index contributed by atoms with van der Waals surface area (Å²) in [5.41, 5.74) is 4.79. The second kappa shape index (κ2) is 6.53. The third-order valence-electron chi connectivity index (χ3n) is 5.77. The van der Waals surface area contributed by atoms with E-state index in [1.165, 1.54) is 29.4 Å². The molecule has 4 aromatic rings. The SMILES string of the molecule is c1coc(-c2nc3sc4c(N5CCOCC5)ncnc4c3c3c2CCCC3)c1. The van der Waals surface area contributed by atoms with Gasteiger partial charge in [-0.05, 0) is 48.9 Å². The predicted octanol–water partition coefficient (Wildman–Crippen LogP) is 4.21. The van der Waals surface area contributed by atoms with Crippen molar-refractivity contribution < 1.29 is 9.15 Å². The van der Waals surface area contributed by atoms with E-state index in [-0.39, 0.29) is 0 Å². The second-order valence-corrected chi connectivity index (χ2v) is 8.36. The summed E-state index contributed by atoms with van der Waals surface area (Å²) in [6.07, 6.45) is 7.96. The summed E-state index contributed by atoms with van der Waals surface area (Å²) in [6.45, 7) is 3.21. The Balaban J connectivity index is 1.64. The van der Waals surface area contributed by atoms with Gasteiger partial charge in [0, 0.05) is 18.5 Å².